The minimum absolute atomic E-state index is 0.0476. The van der Waals surface area contributed by atoms with Crippen molar-refractivity contribution < 1.29 is 43.0 Å². The normalized spacial score (nSPS) is 13.9. The highest BCUT2D eigenvalue weighted by molar-refractivity contribution is 5.98. The zero-order valence-corrected chi connectivity index (χ0v) is 42.8. The van der Waals surface area contributed by atoms with Gasteiger partial charge >= 0.3 is 18.2 Å². The van der Waals surface area contributed by atoms with Crippen LogP contribution in [-0.4, -0.2) is 109 Å². The number of unbranched alkanes of at least 4 members (excludes halogenated alkanes) is 2. The largest absolute Gasteiger partial charge is 0.445 e. The number of nitrogens with one attached hydrogen (secondary N) is 4. The SMILES string of the molecule is CC=C1C=CC(=O)N1CCCCCC(=O)NC(C(=O)NC(CCCNC(N)=O)C(=O)Nc1ccc(COC(=O)N(C)CC(C)(C)CN(C)C(=O)OC(C)(C)c2ccc(-c3ccccc3)cc2)cc1)C(C)C. The van der Waals surface area contributed by atoms with E-state index in [9.17, 15) is 33.6 Å². The van der Waals surface area contributed by atoms with Gasteiger partial charge in [-0.25, -0.2) is 14.4 Å². The van der Waals surface area contributed by atoms with Crippen LogP contribution in [0.3, 0.4) is 0 Å². The fourth-order valence-corrected chi connectivity index (χ4v) is 8.20. The van der Waals surface area contributed by atoms with Crippen molar-refractivity contribution in [2.45, 2.75) is 111 Å². The molecule has 0 fully saturated rings. The summed E-state index contributed by atoms with van der Waals surface area (Å²) in [6.45, 7) is 14.3. The fraction of sp³-hybridized carbons (Fsp3) is 0.463. The van der Waals surface area contributed by atoms with Gasteiger partial charge in [-0.1, -0.05) is 107 Å². The Kier molecular flexibility index (Phi) is 21.2. The molecule has 4 rings (SSSR count). The molecule has 0 saturated heterocycles. The molecule has 0 bridgehead atoms. The summed E-state index contributed by atoms with van der Waals surface area (Å²) in [7, 11) is 3.29. The predicted molar refractivity (Wildman–Crippen MR) is 274 cm³/mol. The van der Waals surface area contributed by atoms with Gasteiger partial charge in [0.05, 0.1) is 0 Å². The van der Waals surface area contributed by atoms with Crippen LogP contribution in [0.15, 0.2) is 103 Å². The molecular formula is C54H74N8O9. The number of primary amides is 1. The second-order valence-electron chi connectivity index (χ2n) is 19.6. The van der Waals surface area contributed by atoms with Crippen molar-refractivity contribution in [3.8, 4) is 11.1 Å². The minimum atomic E-state index is -1.03. The number of carbonyl (C=O) groups is 7. The van der Waals surface area contributed by atoms with Crippen molar-refractivity contribution in [3.63, 3.8) is 0 Å². The topological polar surface area (TPSA) is 222 Å². The quantitative estimate of drug-likeness (QED) is 0.0522. The monoisotopic (exact) mass is 979 g/mol. The first-order chi connectivity index (χ1) is 33.6. The van der Waals surface area contributed by atoms with E-state index < -0.39 is 53.1 Å². The van der Waals surface area contributed by atoms with Gasteiger partial charge in [-0.05, 0) is 92.8 Å². The van der Waals surface area contributed by atoms with E-state index in [2.05, 4.69) is 21.3 Å². The molecule has 0 spiro atoms. The first-order valence-corrected chi connectivity index (χ1v) is 24.3. The van der Waals surface area contributed by atoms with Gasteiger partial charge in [-0.2, -0.15) is 0 Å². The van der Waals surface area contributed by atoms with E-state index >= 15 is 0 Å². The zero-order chi connectivity index (χ0) is 52.3. The van der Waals surface area contributed by atoms with Gasteiger partial charge in [0.15, 0.2) is 0 Å². The molecule has 17 heteroatoms. The lowest BCUT2D eigenvalue weighted by atomic mass is 9.92. The molecular weight excluding hydrogens is 905 g/mol. The lowest BCUT2D eigenvalue weighted by Gasteiger charge is -2.35. The van der Waals surface area contributed by atoms with Gasteiger partial charge in [0, 0.05) is 69.6 Å². The number of amides is 8. The van der Waals surface area contributed by atoms with Crippen LogP contribution in [0.1, 0.15) is 98.1 Å². The summed E-state index contributed by atoms with van der Waals surface area (Å²) in [6.07, 6.45) is 6.80. The smallest absolute Gasteiger partial charge is 0.410 e. The summed E-state index contributed by atoms with van der Waals surface area (Å²) in [5, 5.41) is 10.9. The number of benzene rings is 3. The molecule has 3 aromatic carbocycles. The number of anilines is 1. The number of ether oxygens (including phenoxy) is 2. The van der Waals surface area contributed by atoms with E-state index in [0.717, 1.165) is 28.8 Å². The van der Waals surface area contributed by atoms with Gasteiger partial charge in [0.2, 0.25) is 17.7 Å². The maximum Gasteiger partial charge on any atom is 0.410 e. The molecule has 6 N–H and O–H groups in total. The third-order valence-electron chi connectivity index (χ3n) is 12.0. The van der Waals surface area contributed by atoms with Crippen LogP contribution in [0, 0.1) is 11.3 Å². The lowest BCUT2D eigenvalue weighted by molar-refractivity contribution is -0.132. The van der Waals surface area contributed by atoms with Crippen molar-refractivity contribution in [1.82, 2.24) is 30.7 Å². The fourth-order valence-electron chi connectivity index (χ4n) is 8.20. The number of carbonyl (C=O) groups excluding carboxylic acids is 7. The molecule has 0 aromatic heterocycles. The van der Waals surface area contributed by atoms with Crippen LogP contribution in [0.5, 0.6) is 0 Å². The van der Waals surface area contributed by atoms with E-state index in [0.29, 0.717) is 43.6 Å². The Balaban J connectivity index is 1.24. The Morgan fingerprint density at radius 1 is 0.761 bits per heavy atom. The Morgan fingerprint density at radius 3 is 2.01 bits per heavy atom. The highest BCUT2D eigenvalue weighted by atomic mass is 16.6. The van der Waals surface area contributed by atoms with E-state index in [-0.39, 0.29) is 50.3 Å². The molecule has 2 atom stereocenters. The Morgan fingerprint density at radius 2 is 1.39 bits per heavy atom. The van der Waals surface area contributed by atoms with Gasteiger partial charge in [0.1, 0.15) is 24.3 Å². The highest BCUT2D eigenvalue weighted by Gasteiger charge is 2.32. The van der Waals surface area contributed by atoms with Crippen molar-refractivity contribution in [1.29, 1.82) is 0 Å². The summed E-state index contributed by atoms with van der Waals surface area (Å²) in [6, 6.07) is 22.0. The van der Waals surface area contributed by atoms with E-state index in [1.165, 1.54) is 15.9 Å². The van der Waals surface area contributed by atoms with Crippen LogP contribution < -0.4 is 27.0 Å². The van der Waals surface area contributed by atoms with Crippen LogP contribution in [0.4, 0.5) is 20.1 Å². The molecule has 384 valence electrons. The van der Waals surface area contributed by atoms with Crippen molar-refractivity contribution in [2.75, 3.05) is 45.6 Å². The third-order valence-corrected chi connectivity index (χ3v) is 12.0. The Hall–Kier alpha value is -7.17. The molecule has 2 unspecified atom stereocenters. The van der Waals surface area contributed by atoms with E-state index in [1.54, 1.807) is 63.2 Å². The molecule has 0 saturated carbocycles. The second kappa shape index (κ2) is 26.7. The van der Waals surface area contributed by atoms with Crippen molar-refractivity contribution >= 4 is 47.5 Å². The zero-order valence-electron chi connectivity index (χ0n) is 42.8. The molecule has 1 aliphatic rings. The molecule has 0 aliphatic carbocycles. The molecule has 0 radical (unpaired) electrons. The third kappa shape index (κ3) is 18.3. The molecule has 3 aromatic rings. The predicted octanol–water partition coefficient (Wildman–Crippen LogP) is 7.83. The van der Waals surface area contributed by atoms with Gasteiger partial charge < -0.3 is 51.2 Å². The van der Waals surface area contributed by atoms with E-state index in [1.807, 2.05) is 95.3 Å². The average molecular weight is 979 g/mol. The Bertz CT molecular complexity index is 2350. The van der Waals surface area contributed by atoms with Crippen molar-refractivity contribution in [3.05, 3.63) is 114 Å². The number of rotatable bonds is 25. The number of nitrogens with zero attached hydrogens (tertiary/aromatic N) is 3. The summed E-state index contributed by atoms with van der Waals surface area (Å²) >= 11 is 0. The molecule has 8 amide bonds. The maximum absolute atomic E-state index is 13.7. The van der Waals surface area contributed by atoms with Crippen LogP contribution in [0.2, 0.25) is 0 Å². The number of allylic oxidation sites excluding steroid dienone is 2. The first kappa shape index (κ1) is 56.4. The first-order valence-electron chi connectivity index (χ1n) is 24.3. The number of hydrogen-bond donors (Lipinski definition) is 5. The van der Waals surface area contributed by atoms with Crippen LogP contribution >= 0.6 is 0 Å². The number of urea groups is 1. The highest BCUT2D eigenvalue weighted by Crippen LogP contribution is 2.29. The average Bonchev–Trinajstić information content (AvgIpc) is 3.69. The number of hydrogen-bond acceptors (Lipinski definition) is 9. The van der Waals surface area contributed by atoms with Crippen molar-refractivity contribution in [2.24, 2.45) is 17.1 Å². The minimum Gasteiger partial charge on any atom is -0.445 e. The molecule has 71 heavy (non-hydrogen) atoms. The van der Waals surface area contributed by atoms with Crippen LogP contribution in [0.25, 0.3) is 11.1 Å². The standard InChI is InChI=1S/C54H74N8O9/c1-10-43-30-31-46(64)62(43)33-16-12-15-21-45(63)59-47(37(2)3)49(66)58-44(20-17-32-56-50(55)67)48(65)57-42-28-22-38(23-29-42)34-70-51(68)60(8)35-53(4,5)36-61(9)52(69)71-54(6,7)41-26-24-40(25-27-41)39-18-13-11-14-19-39/h10-11,13-14,18-19,22-31,37,44,47H,12,15-17,20-21,32-36H2,1-9H3,(H,57,65)(H,58,66)(H,59,63)(H3,55,56,67). The maximum atomic E-state index is 13.7. The number of nitrogens with two attached hydrogens (primary N) is 1. The molecule has 1 heterocycles. The van der Waals surface area contributed by atoms with Gasteiger partial charge in [-0.15, -0.1) is 0 Å². The second-order valence-corrected chi connectivity index (χ2v) is 19.6. The van der Waals surface area contributed by atoms with Gasteiger partial charge in [0.25, 0.3) is 5.91 Å². The van der Waals surface area contributed by atoms with Gasteiger partial charge in [-0.3, -0.25) is 19.2 Å². The Labute approximate surface area is 418 Å². The summed E-state index contributed by atoms with van der Waals surface area (Å²) in [4.78, 5) is 94.7. The summed E-state index contributed by atoms with van der Waals surface area (Å²) in [5.41, 5.74) is 8.75. The molecule has 17 nitrogen and oxygen atoms in total. The summed E-state index contributed by atoms with van der Waals surface area (Å²) in [5.74, 6) is -1.70. The molecule has 1 aliphatic heterocycles. The van der Waals surface area contributed by atoms with E-state index in [4.69, 9.17) is 15.2 Å². The lowest BCUT2D eigenvalue weighted by Crippen LogP contribution is -2.54. The summed E-state index contributed by atoms with van der Waals surface area (Å²) < 4.78 is 11.6. The van der Waals surface area contributed by atoms with Crippen LogP contribution in [-0.2, 0) is 40.9 Å².